The van der Waals surface area contributed by atoms with Crippen LogP contribution in [0, 0.1) is 5.82 Å². The summed E-state index contributed by atoms with van der Waals surface area (Å²) in [5, 5.41) is 12.3. The molecule has 0 saturated heterocycles. The zero-order valence-electron chi connectivity index (χ0n) is 17.1. The Morgan fingerprint density at radius 1 is 1.03 bits per heavy atom. The zero-order chi connectivity index (χ0) is 21.0. The van der Waals surface area contributed by atoms with Crippen LogP contribution in [0.3, 0.4) is 0 Å². The second-order valence-electron chi connectivity index (χ2n) is 8.81. The van der Waals surface area contributed by atoms with E-state index in [9.17, 15) is 9.18 Å². The molecule has 1 saturated carbocycles. The zero-order valence-corrected chi connectivity index (χ0v) is 17.1. The highest BCUT2D eigenvalue weighted by Gasteiger charge is 2.44. The molecule has 6 rings (SSSR count). The molecule has 4 aromatic rings. The Morgan fingerprint density at radius 2 is 1.84 bits per heavy atom. The summed E-state index contributed by atoms with van der Waals surface area (Å²) in [6, 6.07) is 14.7. The summed E-state index contributed by atoms with van der Waals surface area (Å²) in [7, 11) is 0. The van der Waals surface area contributed by atoms with Gasteiger partial charge in [0.2, 0.25) is 0 Å². The molecule has 6 nitrogen and oxygen atoms in total. The minimum atomic E-state index is -0.320. The third-order valence-electron chi connectivity index (χ3n) is 6.98. The number of halogens is 1. The first-order valence-electron chi connectivity index (χ1n) is 10.8. The molecule has 2 aliphatic rings. The quantitative estimate of drug-likeness (QED) is 0.498. The molecule has 0 unspecified atom stereocenters. The van der Waals surface area contributed by atoms with Gasteiger partial charge in [-0.05, 0) is 52.9 Å². The lowest BCUT2D eigenvalue weighted by atomic mass is 9.62. The summed E-state index contributed by atoms with van der Waals surface area (Å²) in [4.78, 5) is 14.1. The fourth-order valence-electron chi connectivity index (χ4n) is 5.60. The third kappa shape index (κ3) is 2.76. The minimum absolute atomic E-state index is 0.0574. The maximum absolute atomic E-state index is 14.3. The first-order chi connectivity index (χ1) is 15.2. The maximum Gasteiger partial charge on any atom is 0.259 e. The van der Waals surface area contributed by atoms with E-state index in [4.69, 9.17) is 0 Å². The van der Waals surface area contributed by atoms with Crippen molar-refractivity contribution < 1.29 is 4.39 Å². The van der Waals surface area contributed by atoms with Crippen LogP contribution in [-0.2, 0) is 18.4 Å². The molecule has 0 radical (unpaired) electrons. The largest absolute Gasteiger partial charge is 0.271 e. The van der Waals surface area contributed by atoms with E-state index in [2.05, 4.69) is 15.5 Å². The molecule has 156 valence electrons. The average molecular weight is 415 g/mol. The molecule has 1 spiro atoms. The molecule has 0 atom stereocenters. The van der Waals surface area contributed by atoms with E-state index in [0.29, 0.717) is 18.0 Å². The molecular weight excluding hydrogens is 393 g/mol. The number of benzene rings is 2. The second kappa shape index (κ2) is 6.83. The van der Waals surface area contributed by atoms with E-state index in [1.807, 2.05) is 36.4 Å². The van der Waals surface area contributed by atoms with Crippen LogP contribution in [0.4, 0.5) is 4.39 Å². The number of hydrogen-bond donors (Lipinski definition) is 0. The molecule has 2 heterocycles. The molecule has 0 bridgehead atoms. The van der Waals surface area contributed by atoms with Crippen molar-refractivity contribution in [3.63, 3.8) is 0 Å². The van der Waals surface area contributed by atoms with Gasteiger partial charge in [-0.3, -0.25) is 9.36 Å². The average Bonchev–Trinajstić information content (AvgIpc) is 3.27. The van der Waals surface area contributed by atoms with Gasteiger partial charge in [0.05, 0.1) is 17.8 Å². The second-order valence-corrected chi connectivity index (χ2v) is 8.81. The van der Waals surface area contributed by atoms with Crippen LogP contribution < -0.4 is 5.56 Å². The molecule has 0 aliphatic heterocycles. The highest BCUT2D eigenvalue weighted by atomic mass is 19.1. The van der Waals surface area contributed by atoms with Crippen LogP contribution in [-0.4, -0.2) is 24.6 Å². The Hall–Kier alpha value is -3.35. The van der Waals surface area contributed by atoms with Gasteiger partial charge in [0, 0.05) is 11.0 Å². The van der Waals surface area contributed by atoms with E-state index in [1.165, 1.54) is 18.6 Å². The predicted octanol–water partition coefficient (Wildman–Crippen LogP) is 3.90. The Kier molecular flexibility index (Phi) is 4.06. The van der Waals surface area contributed by atoms with Gasteiger partial charge in [-0.15, -0.1) is 0 Å². The lowest BCUT2D eigenvalue weighted by Crippen LogP contribution is -2.43. The molecule has 0 amide bonds. The van der Waals surface area contributed by atoms with Gasteiger partial charge in [-0.1, -0.05) is 60.8 Å². The summed E-state index contributed by atoms with van der Waals surface area (Å²) < 4.78 is 17.6. The first-order valence-corrected chi connectivity index (χ1v) is 10.8. The van der Waals surface area contributed by atoms with Crippen LogP contribution in [0.2, 0.25) is 0 Å². The molecule has 0 N–H and O–H groups in total. The monoisotopic (exact) mass is 415 g/mol. The number of fused-ring (bicyclic) bond motifs is 6. The number of aromatic nitrogens is 5. The summed E-state index contributed by atoms with van der Waals surface area (Å²) in [6.07, 6.45) is 6.00. The number of hydrogen-bond acceptors (Lipinski definition) is 4. The van der Waals surface area contributed by atoms with Gasteiger partial charge in [0.1, 0.15) is 5.82 Å². The number of tetrazole rings is 1. The summed E-state index contributed by atoms with van der Waals surface area (Å²) in [5.74, 6) is 0.0645. The maximum atomic E-state index is 14.3. The Labute approximate surface area is 178 Å². The lowest BCUT2D eigenvalue weighted by molar-refractivity contribution is 0.283. The van der Waals surface area contributed by atoms with Gasteiger partial charge in [-0.25, -0.2) is 4.39 Å². The van der Waals surface area contributed by atoms with E-state index >= 15 is 0 Å². The SMILES string of the molecule is O=c1c2c(n3nnnc3n1Cc1ccccc1)-c1cc(F)ccc1CC21CCCCC1. The first kappa shape index (κ1) is 18.4. The standard InChI is InChI=1S/C24H22FN5O/c25-18-10-9-17-14-24(11-5-2-6-12-24)20-21(19(17)13-18)30-23(26-27-28-30)29(22(20)31)15-16-7-3-1-4-8-16/h1,3-4,7-10,13H,2,5-6,11-12,14-15H2. The van der Waals surface area contributed by atoms with Gasteiger partial charge >= 0.3 is 0 Å². The fourth-order valence-corrected chi connectivity index (χ4v) is 5.60. The molecule has 1 fully saturated rings. The van der Waals surface area contributed by atoms with E-state index in [-0.39, 0.29) is 16.8 Å². The predicted molar refractivity (Wildman–Crippen MR) is 114 cm³/mol. The van der Waals surface area contributed by atoms with Crippen LogP contribution in [0.15, 0.2) is 53.3 Å². The molecule has 7 heteroatoms. The van der Waals surface area contributed by atoms with Crippen LogP contribution in [0.1, 0.15) is 48.8 Å². The number of nitrogens with zero attached hydrogens (tertiary/aromatic N) is 5. The number of rotatable bonds is 2. The van der Waals surface area contributed by atoms with Gasteiger partial charge in [0.25, 0.3) is 11.3 Å². The van der Waals surface area contributed by atoms with Crippen molar-refractivity contribution in [3.05, 3.63) is 81.4 Å². The van der Waals surface area contributed by atoms with Crippen molar-refractivity contribution in [2.24, 2.45) is 0 Å². The van der Waals surface area contributed by atoms with Crippen molar-refractivity contribution in [1.82, 2.24) is 24.6 Å². The Balaban J connectivity index is 1.69. The summed E-state index contributed by atoms with van der Waals surface area (Å²) >= 11 is 0. The normalized spacial score (nSPS) is 16.9. The van der Waals surface area contributed by atoms with Crippen molar-refractivity contribution in [3.8, 4) is 11.3 Å². The van der Waals surface area contributed by atoms with Gasteiger partial charge < -0.3 is 0 Å². The fraction of sp³-hybridized carbons (Fsp3) is 0.333. The highest BCUT2D eigenvalue weighted by molar-refractivity contribution is 5.73. The molecule has 2 aliphatic carbocycles. The summed E-state index contributed by atoms with van der Waals surface area (Å²) in [5.41, 5.74) is 3.90. The van der Waals surface area contributed by atoms with Gasteiger partial charge in [-0.2, -0.15) is 4.52 Å². The highest BCUT2D eigenvalue weighted by Crippen LogP contribution is 2.49. The minimum Gasteiger partial charge on any atom is -0.271 e. The van der Waals surface area contributed by atoms with E-state index in [0.717, 1.165) is 54.4 Å². The molecule has 31 heavy (non-hydrogen) atoms. The summed E-state index contributed by atoms with van der Waals surface area (Å²) in [6.45, 7) is 0.392. The molecular formula is C24H22FN5O. The Morgan fingerprint density at radius 3 is 2.65 bits per heavy atom. The van der Waals surface area contributed by atoms with Crippen LogP contribution in [0.25, 0.3) is 17.0 Å². The third-order valence-corrected chi connectivity index (χ3v) is 6.98. The van der Waals surface area contributed by atoms with Crippen molar-refractivity contribution in [2.75, 3.05) is 0 Å². The lowest BCUT2D eigenvalue weighted by Gasteiger charge is -2.42. The Bertz CT molecular complexity index is 1350. The van der Waals surface area contributed by atoms with Crippen molar-refractivity contribution in [1.29, 1.82) is 0 Å². The topological polar surface area (TPSA) is 65.1 Å². The van der Waals surface area contributed by atoms with Crippen molar-refractivity contribution in [2.45, 2.75) is 50.5 Å². The van der Waals surface area contributed by atoms with Crippen molar-refractivity contribution >= 4 is 5.78 Å². The van der Waals surface area contributed by atoms with E-state index < -0.39 is 0 Å². The van der Waals surface area contributed by atoms with Crippen LogP contribution >= 0.6 is 0 Å². The molecule has 2 aromatic heterocycles. The van der Waals surface area contributed by atoms with E-state index in [1.54, 1.807) is 9.08 Å². The van der Waals surface area contributed by atoms with Gasteiger partial charge in [0.15, 0.2) is 0 Å². The smallest absolute Gasteiger partial charge is 0.259 e. The van der Waals surface area contributed by atoms with Crippen LogP contribution in [0.5, 0.6) is 0 Å². The molecule has 2 aromatic carbocycles.